The summed E-state index contributed by atoms with van der Waals surface area (Å²) in [4.78, 5) is 44.4. The molecule has 0 heterocycles. The van der Waals surface area contributed by atoms with Crippen LogP contribution in [0.2, 0.25) is 0 Å². The highest BCUT2D eigenvalue weighted by atomic mass is 16.6. The third-order valence-corrected chi connectivity index (χ3v) is 5.97. The largest absolute Gasteiger partial charge is 0.469 e. The molecular formula is C40H64O8. The highest BCUT2D eigenvalue weighted by Gasteiger charge is 2.24. The van der Waals surface area contributed by atoms with Gasteiger partial charge in [0.2, 0.25) is 0 Å². The molecule has 0 radical (unpaired) electrons. The zero-order valence-electron chi connectivity index (χ0n) is 32.0. The van der Waals surface area contributed by atoms with Crippen LogP contribution in [0.3, 0.4) is 0 Å². The number of esters is 4. The summed E-state index contributed by atoms with van der Waals surface area (Å²) in [5, 5.41) is 0. The van der Waals surface area contributed by atoms with Crippen LogP contribution in [0.1, 0.15) is 119 Å². The summed E-state index contributed by atoms with van der Waals surface area (Å²) < 4.78 is 19.7. The second-order valence-corrected chi connectivity index (χ2v) is 14.0. The van der Waals surface area contributed by atoms with E-state index in [9.17, 15) is 19.2 Å². The molecule has 0 N–H and O–H groups in total. The predicted molar refractivity (Wildman–Crippen MR) is 193 cm³/mol. The fourth-order valence-corrected chi connectivity index (χ4v) is 3.98. The maximum Gasteiger partial charge on any atom is 0.313 e. The Morgan fingerprint density at radius 2 is 1.04 bits per heavy atom. The molecule has 272 valence electrons. The Kier molecular flexibility index (Phi) is 25.4. The molecule has 0 bridgehead atoms. The molecule has 0 aromatic heterocycles. The number of benzene rings is 2. The highest BCUT2D eigenvalue weighted by molar-refractivity contribution is 5.78. The van der Waals surface area contributed by atoms with Crippen molar-refractivity contribution in [3.63, 3.8) is 0 Å². The lowest BCUT2D eigenvalue weighted by Crippen LogP contribution is -2.24. The van der Waals surface area contributed by atoms with E-state index in [1.807, 2.05) is 144 Å². The lowest BCUT2D eigenvalue weighted by atomic mass is 9.89. The second kappa shape index (κ2) is 26.3. The average Bonchev–Trinajstić information content (AvgIpc) is 2.96. The lowest BCUT2D eigenvalue weighted by Gasteiger charge is -2.19. The number of methoxy groups -OCH3 is 1. The van der Waals surface area contributed by atoms with Crippen LogP contribution < -0.4 is 0 Å². The van der Waals surface area contributed by atoms with Crippen molar-refractivity contribution in [1.82, 2.24) is 0 Å². The zero-order valence-corrected chi connectivity index (χ0v) is 32.0. The number of carbonyl (C=O) groups excluding carboxylic acids is 4. The molecule has 1 unspecified atom stereocenters. The molecule has 0 spiro atoms. The van der Waals surface area contributed by atoms with E-state index in [4.69, 9.17) is 18.9 Å². The minimum atomic E-state index is -0.341. The molecule has 2 aromatic rings. The maximum absolute atomic E-state index is 11.5. The van der Waals surface area contributed by atoms with Crippen LogP contribution in [0.25, 0.3) is 0 Å². The monoisotopic (exact) mass is 672 g/mol. The summed E-state index contributed by atoms with van der Waals surface area (Å²) in [6, 6.07) is 19.4. The SMILES string of the molecule is CC(C)CC(=O)OC(C)(C)C.CC(C)CC(=O)OCc1ccccc1.CCOC(=O)CC(C)C.COC(=O)C(c1ccccc1)C(C)C. The van der Waals surface area contributed by atoms with Gasteiger partial charge in [-0.15, -0.1) is 0 Å². The first-order valence-electron chi connectivity index (χ1n) is 17.0. The van der Waals surface area contributed by atoms with Crippen LogP contribution in [0.15, 0.2) is 60.7 Å². The second-order valence-electron chi connectivity index (χ2n) is 14.0. The van der Waals surface area contributed by atoms with Gasteiger partial charge in [0.15, 0.2) is 0 Å². The van der Waals surface area contributed by atoms with Crippen LogP contribution in [-0.2, 0) is 44.7 Å². The molecule has 0 saturated heterocycles. The standard InChI is InChI=1S/2C12H16O2.C9H18O2.C7H14O2/c1-9(2)11(12(13)14-3)10-7-5-4-6-8-10;1-10(2)8-12(13)14-9-11-6-4-3-5-7-11;1-7(2)6-8(10)11-9(3,4)5;1-4-9-7(8)5-6(2)3/h4-9,11H,1-3H3;3-7,10H,8-9H2,1-2H3;7H,6H2,1-5H3;6H,4-5H2,1-3H3. The molecule has 0 amide bonds. The first-order chi connectivity index (χ1) is 22.3. The van der Waals surface area contributed by atoms with Crippen molar-refractivity contribution in [2.45, 2.75) is 120 Å². The summed E-state index contributed by atoms with van der Waals surface area (Å²) in [6.45, 7) is 24.4. The van der Waals surface area contributed by atoms with Gasteiger partial charge in [-0.1, -0.05) is 116 Å². The summed E-state index contributed by atoms with van der Waals surface area (Å²) in [7, 11) is 1.43. The Hall–Kier alpha value is -3.68. The molecule has 0 saturated carbocycles. The van der Waals surface area contributed by atoms with Crippen LogP contribution >= 0.6 is 0 Å². The van der Waals surface area contributed by atoms with Crippen molar-refractivity contribution in [2.24, 2.45) is 23.7 Å². The van der Waals surface area contributed by atoms with Crippen molar-refractivity contribution in [3.05, 3.63) is 71.8 Å². The third-order valence-electron chi connectivity index (χ3n) is 5.97. The van der Waals surface area contributed by atoms with Gasteiger partial charge in [-0.2, -0.15) is 0 Å². The molecule has 0 aliphatic carbocycles. The number of carbonyl (C=O) groups is 4. The van der Waals surface area contributed by atoms with Gasteiger partial charge in [0.25, 0.3) is 0 Å². The first kappa shape index (κ1) is 46.4. The van der Waals surface area contributed by atoms with Crippen molar-refractivity contribution in [1.29, 1.82) is 0 Å². The molecule has 8 heteroatoms. The molecule has 8 nitrogen and oxygen atoms in total. The molecule has 2 rings (SSSR count). The molecule has 1 atom stereocenters. The number of hydrogen-bond donors (Lipinski definition) is 0. The third kappa shape index (κ3) is 27.4. The Bertz CT molecular complexity index is 1130. The smallest absolute Gasteiger partial charge is 0.313 e. The van der Waals surface area contributed by atoms with E-state index in [-0.39, 0.29) is 41.3 Å². The van der Waals surface area contributed by atoms with E-state index in [0.29, 0.717) is 50.2 Å². The van der Waals surface area contributed by atoms with Crippen LogP contribution in [-0.4, -0.2) is 43.2 Å². The van der Waals surface area contributed by atoms with Gasteiger partial charge in [0, 0.05) is 19.3 Å². The van der Waals surface area contributed by atoms with E-state index >= 15 is 0 Å². The van der Waals surface area contributed by atoms with Crippen molar-refractivity contribution in [2.75, 3.05) is 13.7 Å². The van der Waals surface area contributed by atoms with E-state index in [1.54, 1.807) is 0 Å². The van der Waals surface area contributed by atoms with Gasteiger partial charge in [0.1, 0.15) is 12.2 Å². The van der Waals surface area contributed by atoms with Gasteiger partial charge in [-0.05, 0) is 62.5 Å². The van der Waals surface area contributed by atoms with Crippen molar-refractivity contribution in [3.8, 4) is 0 Å². The van der Waals surface area contributed by atoms with E-state index < -0.39 is 0 Å². The maximum atomic E-state index is 11.5. The molecule has 0 fully saturated rings. The topological polar surface area (TPSA) is 105 Å². The van der Waals surface area contributed by atoms with Gasteiger partial charge in [-0.3, -0.25) is 19.2 Å². The van der Waals surface area contributed by atoms with Gasteiger partial charge >= 0.3 is 23.9 Å². The van der Waals surface area contributed by atoms with Gasteiger partial charge in [0.05, 0.1) is 19.6 Å². The fraction of sp³-hybridized carbons (Fsp3) is 0.600. The Morgan fingerprint density at radius 1 is 0.625 bits per heavy atom. The minimum absolute atomic E-state index is 0.0903. The van der Waals surface area contributed by atoms with E-state index in [1.165, 1.54) is 7.11 Å². The summed E-state index contributed by atoms with van der Waals surface area (Å²) in [6.07, 6.45) is 1.54. The normalized spacial score (nSPS) is 11.2. The van der Waals surface area contributed by atoms with Crippen LogP contribution in [0, 0.1) is 23.7 Å². The Balaban J connectivity index is 0. The van der Waals surface area contributed by atoms with Gasteiger partial charge in [-0.25, -0.2) is 0 Å². The van der Waals surface area contributed by atoms with Crippen LogP contribution in [0.5, 0.6) is 0 Å². The molecular weight excluding hydrogens is 608 g/mol. The predicted octanol–water partition coefficient (Wildman–Crippen LogP) is 9.34. The molecule has 48 heavy (non-hydrogen) atoms. The number of hydrogen-bond acceptors (Lipinski definition) is 8. The summed E-state index contributed by atoms with van der Waals surface area (Å²) in [5.41, 5.74) is 1.71. The molecule has 0 aliphatic heterocycles. The number of ether oxygens (including phenoxy) is 4. The van der Waals surface area contributed by atoms with Crippen LogP contribution in [0.4, 0.5) is 0 Å². The molecule has 0 aliphatic rings. The number of rotatable bonds is 12. The zero-order chi connectivity index (χ0) is 37.3. The van der Waals surface area contributed by atoms with Crippen molar-refractivity contribution >= 4 is 23.9 Å². The summed E-state index contributed by atoms with van der Waals surface area (Å²) >= 11 is 0. The van der Waals surface area contributed by atoms with Gasteiger partial charge < -0.3 is 18.9 Å². The average molecular weight is 673 g/mol. The quantitative estimate of drug-likeness (QED) is 0.162. The first-order valence-corrected chi connectivity index (χ1v) is 17.0. The minimum Gasteiger partial charge on any atom is -0.469 e. The molecule has 2 aromatic carbocycles. The fourth-order valence-electron chi connectivity index (χ4n) is 3.98. The Morgan fingerprint density at radius 3 is 1.42 bits per heavy atom. The highest BCUT2D eigenvalue weighted by Crippen LogP contribution is 2.25. The van der Waals surface area contributed by atoms with E-state index in [0.717, 1.165) is 11.1 Å². The lowest BCUT2D eigenvalue weighted by molar-refractivity contribution is -0.155. The summed E-state index contributed by atoms with van der Waals surface area (Å²) in [5.74, 6) is 0.772. The Labute approximate surface area is 291 Å². The van der Waals surface area contributed by atoms with Crippen molar-refractivity contribution < 1.29 is 38.1 Å². The van der Waals surface area contributed by atoms with E-state index in [2.05, 4.69) is 0 Å².